The Labute approximate surface area is 182 Å². The van der Waals surface area contributed by atoms with Gasteiger partial charge in [-0.2, -0.15) is 0 Å². The molecule has 0 saturated heterocycles. The maximum absolute atomic E-state index is 13.9. The summed E-state index contributed by atoms with van der Waals surface area (Å²) in [4.78, 5) is 14.1. The maximum atomic E-state index is 13.9. The van der Waals surface area contributed by atoms with Crippen molar-refractivity contribution in [2.24, 2.45) is 0 Å². The van der Waals surface area contributed by atoms with Crippen LogP contribution in [-0.2, 0) is 0 Å². The zero-order valence-electron chi connectivity index (χ0n) is 18.7. The number of nitrogens with zero attached hydrogens (tertiary/aromatic N) is 1. The van der Waals surface area contributed by atoms with Crippen molar-refractivity contribution >= 4 is 6.29 Å². The molecule has 7 nitrogen and oxygen atoms in total. The number of phenolic OH excluding ortho intramolecular Hbond substituents is 1. The molecule has 2 aromatic rings. The Morgan fingerprint density at radius 3 is 2.26 bits per heavy atom. The first-order chi connectivity index (χ1) is 15.0. The number of phenols is 1. The van der Waals surface area contributed by atoms with Crippen molar-refractivity contribution in [1.82, 2.24) is 4.90 Å². The number of aldehydes is 1. The number of hydrogen-bond acceptors (Lipinski definition) is 7. The highest BCUT2D eigenvalue weighted by Gasteiger charge is 2.29. The van der Waals surface area contributed by atoms with E-state index in [0.717, 1.165) is 13.1 Å². The first-order valence-electron chi connectivity index (χ1n) is 10.2. The third kappa shape index (κ3) is 5.19. The fraction of sp³-hybridized carbons (Fsp3) is 0.435. The van der Waals surface area contributed by atoms with E-state index in [9.17, 15) is 14.3 Å². The number of aromatic hydroxyl groups is 1. The zero-order chi connectivity index (χ0) is 23.0. The number of halogens is 1. The number of hydrogen-bond donors (Lipinski definition) is 1. The first kappa shape index (κ1) is 24.3. The van der Waals surface area contributed by atoms with Gasteiger partial charge in [0.15, 0.2) is 17.8 Å². The van der Waals surface area contributed by atoms with E-state index < -0.39 is 11.6 Å². The van der Waals surface area contributed by atoms with E-state index in [-0.39, 0.29) is 40.7 Å². The van der Waals surface area contributed by atoms with Crippen LogP contribution in [0.1, 0.15) is 31.1 Å². The standard InChI is InChI=1S/C23H30FNO6/c1-6-25(7-2)11-12-31-23-21(28-4)19(17(14-26)20(27)22(23)29-5)16-10-9-15(24)13-18(16)30-8-3/h9-10,13-14,27H,6-8,11-12H2,1-5H3. The Balaban J connectivity index is 2.71. The highest BCUT2D eigenvalue weighted by atomic mass is 19.1. The third-order valence-corrected chi connectivity index (χ3v) is 4.97. The van der Waals surface area contributed by atoms with Gasteiger partial charge in [-0.25, -0.2) is 4.39 Å². The second-order valence-corrected chi connectivity index (χ2v) is 6.60. The lowest BCUT2D eigenvalue weighted by Crippen LogP contribution is -2.28. The fourth-order valence-corrected chi connectivity index (χ4v) is 3.38. The van der Waals surface area contributed by atoms with Gasteiger partial charge in [0.1, 0.15) is 18.2 Å². The highest BCUT2D eigenvalue weighted by molar-refractivity contribution is 5.98. The van der Waals surface area contributed by atoms with Gasteiger partial charge in [0, 0.05) is 23.7 Å². The number of carbonyl (C=O) groups is 1. The number of rotatable bonds is 12. The Hall–Kier alpha value is -3.00. The molecule has 0 aliphatic carbocycles. The van der Waals surface area contributed by atoms with Gasteiger partial charge < -0.3 is 29.0 Å². The minimum Gasteiger partial charge on any atom is -0.504 e. The molecule has 0 unspecified atom stereocenters. The SMILES string of the molecule is CCOc1cc(F)ccc1-c1c(C=O)c(O)c(OC)c(OCCN(CC)CC)c1OC. The Bertz CT molecular complexity index is 898. The molecule has 0 bridgehead atoms. The predicted molar refractivity (Wildman–Crippen MR) is 116 cm³/mol. The number of ether oxygens (including phenoxy) is 4. The molecule has 2 aromatic carbocycles. The lowest BCUT2D eigenvalue weighted by molar-refractivity contribution is 0.112. The van der Waals surface area contributed by atoms with Gasteiger partial charge in [-0.15, -0.1) is 0 Å². The Morgan fingerprint density at radius 2 is 1.71 bits per heavy atom. The molecule has 0 spiro atoms. The predicted octanol–water partition coefficient (Wildman–Crippen LogP) is 4.15. The van der Waals surface area contributed by atoms with E-state index in [2.05, 4.69) is 18.7 Å². The third-order valence-electron chi connectivity index (χ3n) is 4.97. The van der Waals surface area contributed by atoms with Crippen LogP contribution >= 0.6 is 0 Å². The van der Waals surface area contributed by atoms with Crippen LogP contribution in [0, 0.1) is 5.82 Å². The van der Waals surface area contributed by atoms with Crippen LogP contribution in [0.5, 0.6) is 28.7 Å². The van der Waals surface area contributed by atoms with Gasteiger partial charge in [0.25, 0.3) is 0 Å². The molecular formula is C23H30FNO6. The minimum atomic E-state index is -0.493. The lowest BCUT2D eigenvalue weighted by Gasteiger charge is -2.23. The van der Waals surface area contributed by atoms with Crippen LogP contribution in [0.2, 0.25) is 0 Å². The highest BCUT2D eigenvalue weighted by Crippen LogP contribution is 2.53. The maximum Gasteiger partial charge on any atom is 0.208 e. The molecule has 31 heavy (non-hydrogen) atoms. The van der Waals surface area contributed by atoms with Crippen LogP contribution in [-0.4, -0.2) is 63.4 Å². The largest absolute Gasteiger partial charge is 0.504 e. The molecule has 0 radical (unpaired) electrons. The molecule has 0 atom stereocenters. The zero-order valence-corrected chi connectivity index (χ0v) is 18.7. The van der Waals surface area contributed by atoms with E-state index in [0.29, 0.717) is 25.0 Å². The van der Waals surface area contributed by atoms with Crippen LogP contribution < -0.4 is 18.9 Å². The van der Waals surface area contributed by atoms with E-state index in [4.69, 9.17) is 18.9 Å². The van der Waals surface area contributed by atoms with Crippen molar-refractivity contribution in [3.63, 3.8) is 0 Å². The average Bonchev–Trinajstić information content (AvgIpc) is 2.77. The normalized spacial score (nSPS) is 10.8. The van der Waals surface area contributed by atoms with Crippen molar-refractivity contribution in [2.75, 3.05) is 47.1 Å². The van der Waals surface area contributed by atoms with Gasteiger partial charge in [-0.3, -0.25) is 4.79 Å². The van der Waals surface area contributed by atoms with Crippen molar-refractivity contribution in [2.45, 2.75) is 20.8 Å². The molecule has 2 rings (SSSR count). The summed E-state index contributed by atoms with van der Waals surface area (Å²) in [6.45, 7) is 8.82. The van der Waals surface area contributed by atoms with Gasteiger partial charge >= 0.3 is 0 Å². The fourth-order valence-electron chi connectivity index (χ4n) is 3.38. The molecular weight excluding hydrogens is 405 g/mol. The van der Waals surface area contributed by atoms with Gasteiger partial charge in [0.05, 0.1) is 26.4 Å². The molecule has 0 amide bonds. The minimum absolute atomic E-state index is 0.0117. The summed E-state index contributed by atoms with van der Waals surface area (Å²) < 4.78 is 36.4. The Morgan fingerprint density at radius 1 is 1.03 bits per heavy atom. The summed E-state index contributed by atoms with van der Waals surface area (Å²) in [6, 6.07) is 3.93. The van der Waals surface area contributed by atoms with Crippen LogP contribution in [0.3, 0.4) is 0 Å². The quantitative estimate of drug-likeness (QED) is 0.502. The summed E-state index contributed by atoms with van der Waals surface area (Å²) in [7, 11) is 2.79. The van der Waals surface area contributed by atoms with Crippen LogP contribution in [0.15, 0.2) is 18.2 Å². The smallest absolute Gasteiger partial charge is 0.208 e. The topological polar surface area (TPSA) is 77.5 Å². The second-order valence-electron chi connectivity index (χ2n) is 6.60. The molecule has 170 valence electrons. The first-order valence-corrected chi connectivity index (χ1v) is 10.2. The van der Waals surface area contributed by atoms with E-state index in [1.165, 1.54) is 32.4 Å². The van der Waals surface area contributed by atoms with Gasteiger partial charge in [-0.1, -0.05) is 13.8 Å². The van der Waals surface area contributed by atoms with Crippen molar-refractivity contribution in [3.05, 3.63) is 29.6 Å². The van der Waals surface area contributed by atoms with Gasteiger partial charge in [0.2, 0.25) is 11.5 Å². The van der Waals surface area contributed by atoms with E-state index >= 15 is 0 Å². The summed E-state index contributed by atoms with van der Waals surface area (Å²) in [5.74, 6) is -0.346. The second kappa shape index (κ2) is 11.4. The average molecular weight is 435 g/mol. The molecule has 0 aliphatic heterocycles. The van der Waals surface area contributed by atoms with Crippen LogP contribution in [0.4, 0.5) is 4.39 Å². The molecule has 0 aliphatic rings. The molecule has 0 saturated carbocycles. The van der Waals surface area contributed by atoms with Crippen molar-refractivity contribution < 1.29 is 33.2 Å². The van der Waals surface area contributed by atoms with E-state index in [1.54, 1.807) is 6.92 Å². The van der Waals surface area contributed by atoms with Gasteiger partial charge in [-0.05, 0) is 32.1 Å². The van der Waals surface area contributed by atoms with E-state index in [1.807, 2.05) is 0 Å². The molecule has 0 heterocycles. The molecule has 0 fully saturated rings. The number of carbonyl (C=O) groups excluding carboxylic acids is 1. The van der Waals surface area contributed by atoms with Crippen molar-refractivity contribution in [3.8, 4) is 39.9 Å². The summed E-state index contributed by atoms with van der Waals surface area (Å²) in [6.07, 6.45) is 0.495. The van der Waals surface area contributed by atoms with Crippen molar-refractivity contribution in [1.29, 1.82) is 0 Å². The Kier molecular flexibility index (Phi) is 8.93. The van der Waals surface area contributed by atoms with Crippen LogP contribution in [0.25, 0.3) is 11.1 Å². The molecule has 8 heteroatoms. The summed E-state index contributed by atoms with van der Waals surface area (Å²) in [5, 5.41) is 10.8. The number of methoxy groups -OCH3 is 2. The number of benzene rings is 2. The summed E-state index contributed by atoms with van der Waals surface area (Å²) >= 11 is 0. The lowest BCUT2D eigenvalue weighted by atomic mass is 9.96. The molecule has 1 N–H and O–H groups in total. The summed E-state index contributed by atoms with van der Waals surface area (Å²) in [5.41, 5.74) is 0.545. The molecule has 0 aromatic heterocycles. The monoisotopic (exact) mass is 435 g/mol. The number of likely N-dealkylation sites (N-methyl/N-ethyl adjacent to an activating group) is 1.